The van der Waals surface area contributed by atoms with Crippen molar-refractivity contribution in [3.05, 3.63) is 28.3 Å². The Bertz CT molecular complexity index is 725. The van der Waals surface area contributed by atoms with Gasteiger partial charge in [0.1, 0.15) is 11.4 Å². The highest BCUT2D eigenvalue weighted by atomic mass is 32.2. The van der Waals surface area contributed by atoms with Crippen molar-refractivity contribution in [1.29, 1.82) is 0 Å². The van der Waals surface area contributed by atoms with Crippen molar-refractivity contribution in [2.45, 2.75) is 6.42 Å². The molecule has 2 rings (SSSR count). The summed E-state index contributed by atoms with van der Waals surface area (Å²) in [4.78, 5) is 46.8. The van der Waals surface area contributed by atoms with Crippen LogP contribution in [0.3, 0.4) is 0 Å². The van der Waals surface area contributed by atoms with Crippen LogP contribution in [-0.4, -0.2) is 59.5 Å². The van der Waals surface area contributed by atoms with Gasteiger partial charge in [0.15, 0.2) is 6.61 Å². The molecule has 0 radical (unpaired) electrons. The molecule has 1 aliphatic heterocycles. The van der Waals surface area contributed by atoms with Crippen LogP contribution in [0.1, 0.15) is 6.42 Å². The molecule has 1 aliphatic rings. The second kappa shape index (κ2) is 9.04. The minimum atomic E-state index is -0.709. The molecule has 11 heteroatoms. The Morgan fingerprint density at radius 1 is 1.42 bits per heavy atom. The standard InChI is InChI=1S/C15H17N3O7S/c1-24-10-2-3-11(12(8-10)18(22)23)16-13(19)9-25-14(20)4-5-17-6-7-26-15(17)21/h2-3,8H,4-7,9H2,1H3,(H,16,19). The molecule has 1 N–H and O–H groups in total. The van der Waals surface area contributed by atoms with Crippen LogP contribution in [0.5, 0.6) is 5.75 Å². The van der Waals surface area contributed by atoms with E-state index in [1.54, 1.807) is 0 Å². The van der Waals surface area contributed by atoms with Gasteiger partial charge in [0.25, 0.3) is 16.8 Å². The van der Waals surface area contributed by atoms with E-state index in [-0.39, 0.29) is 35.3 Å². The minimum Gasteiger partial charge on any atom is -0.496 e. The summed E-state index contributed by atoms with van der Waals surface area (Å²) in [6.45, 7) is 0.235. The fourth-order valence-corrected chi connectivity index (χ4v) is 3.01. The number of nitro benzene ring substituents is 1. The average Bonchev–Trinajstić information content (AvgIpc) is 3.03. The number of anilines is 1. The highest BCUT2D eigenvalue weighted by Crippen LogP contribution is 2.28. The van der Waals surface area contributed by atoms with E-state index < -0.39 is 23.4 Å². The molecule has 0 aliphatic carbocycles. The topological polar surface area (TPSA) is 128 Å². The van der Waals surface area contributed by atoms with Gasteiger partial charge in [-0.1, -0.05) is 11.8 Å². The number of thioether (sulfide) groups is 1. The molecule has 140 valence electrons. The largest absolute Gasteiger partial charge is 0.496 e. The summed E-state index contributed by atoms with van der Waals surface area (Å²) in [5.74, 6) is -0.374. The van der Waals surface area contributed by atoms with E-state index in [0.717, 1.165) is 0 Å². The minimum absolute atomic E-state index is 0.0255. The molecule has 10 nitrogen and oxygen atoms in total. The van der Waals surface area contributed by atoms with Gasteiger partial charge in [-0.3, -0.25) is 24.5 Å². The molecule has 1 aromatic rings. The zero-order chi connectivity index (χ0) is 19.1. The highest BCUT2D eigenvalue weighted by molar-refractivity contribution is 8.13. The van der Waals surface area contributed by atoms with Crippen molar-refractivity contribution in [2.75, 3.05) is 37.9 Å². The molecular weight excluding hydrogens is 366 g/mol. The molecule has 1 aromatic carbocycles. The molecule has 1 saturated heterocycles. The Morgan fingerprint density at radius 2 is 2.19 bits per heavy atom. The van der Waals surface area contributed by atoms with Gasteiger partial charge in [0.2, 0.25) is 0 Å². The number of ether oxygens (including phenoxy) is 2. The smallest absolute Gasteiger partial charge is 0.308 e. The maximum Gasteiger partial charge on any atom is 0.308 e. The van der Waals surface area contributed by atoms with Crippen molar-refractivity contribution in [1.82, 2.24) is 4.90 Å². The Labute approximate surface area is 153 Å². The van der Waals surface area contributed by atoms with Crippen molar-refractivity contribution in [3.63, 3.8) is 0 Å². The summed E-state index contributed by atoms with van der Waals surface area (Å²) in [5.41, 5.74) is -0.370. The van der Waals surface area contributed by atoms with Crippen LogP contribution in [0.2, 0.25) is 0 Å². The van der Waals surface area contributed by atoms with E-state index in [1.807, 2.05) is 0 Å². The third kappa shape index (κ3) is 5.34. The van der Waals surface area contributed by atoms with E-state index in [4.69, 9.17) is 9.47 Å². The number of nitrogens with one attached hydrogen (secondary N) is 1. The number of hydrogen-bond donors (Lipinski definition) is 1. The van der Waals surface area contributed by atoms with Crippen LogP contribution in [0.15, 0.2) is 18.2 Å². The first-order valence-corrected chi connectivity index (χ1v) is 8.59. The number of benzene rings is 1. The molecule has 26 heavy (non-hydrogen) atoms. The third-order valence-corrected chi connectivity index (χ3v) is 4.36. The zero-order valence-corrected chi connectivity index (χ0v) is 14.7. The van der Waals surface area contributed by atoms with Gasteiger partial charge in [-0.15, -0.1) is 0 Å². The maximum absolute atomic E-state index is 11.8. The number of rotatable bonds is 8. The van der Waals surface area contributed by atoms with Crippen LogP contribution in [0, 0.1) is 10.1 Å². The van der Waals surface area contributed by atoms with E-state index in [1.165, 1.54) is 42.0 Å². The molecule has 1 heterocycles. The summed E-state index contributed by atoms with van der Waals surface area (Å²) in [6.07, 6.45) is -0.0255. The van der Waals surface area contributed by atoms with Crippen LogP contribution in [0.4, 0.5) is 16.2 Å². The third-order valence-electron chi connectivity index (χ3n) is 3.47. The van der Waals surface area contributed by atoms with Crippen LogP contribution in [-0.2, 0) is 14.3 Å². The predicted molar refractivity (Wildman–Crippen MR) is 93.3 cm³/mol. The molecule has 0 aromatic heterocycles. The number of methoxy groups -OCH3 is 1. The normalized spacial score (nSPS) is 13.4. The Hall–Kier alpha value is -2.82. The Kier molecular flexibility index (Phi) is 6.78. The van der Waals surface area contributed by atoms with Crippen LogP contribution >= 0.6 is 11.8 Å². The molecule has 0 saturated carbocycles. The number of nitrogens with zero attached hydrogens (tertiary/aromatic N) is 2. The zero-order valence-electron chi connectivity index (χ0n) is 13.9. The first-order chi connectivity index (χ1) is 12.4. The van der Waals surface area contributed by atoms with Crippen molar-refractivity contribution in [2.24, 2.45) is 0 Å². The Morgan fingerprint density at radius 3 is 2.81 bits per heavy atom. The second-order valence-corrected chi connectivity index (χ2v) is 6.25. The lowest BCUT2D eigenvalue weighted by Gasteiger charge is -2.13. The fourth-order valence-electron chi connectivity index (χ4n) is 2.15. The summed E-state index contributed by atoms with van der Waals surface area (Å²) >= 11 is 1.19. The molecular formula is C15H17N3O7S. The second-order valence-electron chi connectivity index (χ2n) is 5.20. The maximum atomic E-state index is 11.8. The molecule has 0 bridgehead atoms. The van der Waals surface area contributed by atoms with Crippen LogP contribution < -0.4 is 10.1 Å². The fraction of sp³-hybridized carbons (Fsp3) is 0.400. The van der Waals surface area contributed by atoms with Crippen molar-refractivity contribution in [3.8, 4) is 5.75 Å². The van der Waals surface area contributed by atoms with Gasteiger partial charge >= 0.3 is 5.97 Å². The SMILES string of the molecule is COc1ccc(NC(=O)COC(=O)CCN2CCSC2=O)c([N+](=O)[O-])c1. The van der Waals surface area contributed by atoms with E-state index in [2.05, 4.69) is 5.32 Å². The average molecular weight is 383 g/mol. The van der Waals surface area contributed by atoms with Gasteiger partial charge in [0.05, 0.1) is 24.5 Å². The monoisotopic (exact) mass is 383 g/mol. The van der Waals surface area contributed by atoms with Gasteiger partial charge < -0.3 is 19.7 Å². The number of amides is 2. The summed E-state index contributed by atoms with van der Waals surface area (Å²) in [7, 11) is 1.37. The number of nitro groups is 1. The quantitative estimate of drug-likeness (QED) is 0.408. The van der Waals surface area contributed by atoms with Gasteiger partial charge in [-0.05, 0) is 12.1 Å². The Balaban J connectivity index is 1.82. The van der Waals surface area contributed by atoms with Gasteiger partial charge in [0, 0.05) is 18.8 Å². The molecule has 2 amide bonds. The van der Waals surface area contributed by atoms with Gasteiger partial charge in [-0.25, -0.2) is 0 Å². The number of esters is 1. The molecule has 0 spiro atoms. The molecule has 0 unspecified atom stereocenters. The van der Waals surface area contributed by atoms with E-state index in [9.17, 15) is 24.5 Å². The van der Waals surface area contributed by atoms with Crippen LogP contribution in [0.25, 0.3) is 0 Å². The first kappa shape index (κ1) is 19.5. The summed E-state index contributed by atoms with van der Waals surface area (Å²) in [5, 5.41) is 13.3. The lowest BCUT2D eigenvalue weighted by Crippen LogP contribution is -2.27. The van der Waals surface area contributed by atoms with Crippen molar-refractivity contribution >= 4 is 40.3 Å². The molecule has 0 atom stereocenters. The summed E-state index contributed by atoms with van der Waals surface area (Å²) < 4.78 is 9.73. The van der Waals surface area contributed by atoms with E-state index >= 15 is 0 Å². The lowest BCUT2D eigenvalue weighted by atomic mass is 10.2. The molecule has 1 fully saturated rings. The predicted octanol–water partition coefficient (Wildman–Crippen LogP) is 1.64. The first-order valence-electron chi connectivity index (χ1n) is 7.60. The number of hydrogen-bond acceptors (Lipinski definition) is 8. The highest BCUT2D eigenvalue weighted by Gasteiger charge is 2.22. The van der Waals surface area contributed by atoms with Crippen molar-refractivity contribution < 1.29 is 28.8 Å². The number of carbonyl (C=O) groups is 3. The number of carbonyl (C=O) groups excluding carboxylic acids is 3. The van der Waals surface area contributed by atoms with Gasteiger partial charge in [-0.2, -0.15) is 0 Å². The lowest BCUT2D eigenvalue weighted by molar-refractivity contribution is -0.384. The summed E-state index contributed by atoms with van der Waals surface area (Å²) in [6, 6.07) is 3.96. The van der Waals surface area contributed by atoms with E-state index in [0.29, 0.717) is 12.3 Å².